The van der Waals surface area contributed by atoms with Gasteiger partial charge >= 0.3 is 0 Å². The topological polar surface area (TPSA) is 41.1 Å². The van der Waals surface area contributed by atoms with Gasteiger partial charge in [-0.1, -0.05) is 12.0 Å². The highest BCUT2D eigenvalue weighted by atomic mass is 16.1. The number of carbonyl (C=O) groups is 1. The molecule has 0 spiro atoms. The summed E-state index contributed by atoms with van der Waals surface area (Å²) in [7, 11) is 0. The van der Waals surface area contributed by atoms with Crippen LogP contribution in [0.15, 0.2) is 24.3 Å². The fraction of sp³-hybridized carbons (Fsp3) is 0.357. The summed E-state index contributed by atoms with van der Waals surface area (Å²) in [6.45, 7) is 1.77. The molecule has 1 heterocycles. The zero-order valence-electron chi connectivity index (χ0n) is 9.70. The Morgan fingerprint density at radius 1 is 1.53 bits per heavy atom. The number of anilines is 1. The van der Waals surface area contributed by atoms with Gasteiger partial charge in [-0.3, -0.25) is 4.79 Å². The summed E-state index contributed by atoms with van der Waals surface area (Å²) in [5.41, 5.74) is 1.56. The first kappa shape index (κ1) is 11.7. The highest BCUT2D eigenvalue weighted by Crippen LogP contribution is 2.15. The number of terminal acetylenes is 1. The van der Waals surface area contributed by atoms with Gasteiger partial charge in [-0.15, -0.1) is 6.42 Å². The summed E-state index contributed by atoms with van der Waals surface area (Å²) >= 11 is 0. The van der Waals surface area contributed by atoms with Crippen LogP contribution in [0, 0.1) is 18.3 Å². The Kier molecular flexibility index (Phi) is 3.79. The van der Waals surface area contributed by atoms with Gasteiger partial charge in [0, 0.05) is 17.8 Å². The molecule has 1 fully saturated rings. The first-order valence-electron chi connectivity index (χ1n) is 5.88. The van der Waals surface area contributed by atoms with Crippen molar-refractivity contribution in [1.29, 1.82) is 0 Å². The average molecular weight is 228 g/mol. The van der Waals surface area contributed by atoms with Crippen LogP contribution in [0.3, 0.4) is 0 Å². The lowest BCUT2D eigenvalue weighted by molar-refractivity contribution is -0.120. The summed E-state index contributed by atoms with van der Waals surface area (Å²) in [5.74, 6) is 2.70. The molecule has 1 aliphatic heterocycles. The van der Waals surface area contributed by atoms with Crippen LogP contribution < -0.4 is 10.6 Å². The molecule has 1 saturated heterocycles. The van der Waals surface area contributed by atoms with Crippen molar-refractivity contribution in [2.75, 3.05) is 18.4 Å². The van der Waals surface area contributed by atoms with E-state index in [1.807, 2.05) is 24.3 Å². The van der Waals surface area contributed by atoms with E-state index >= 15 is 0 Å². The molecule has 2 rings (SSSR count). The molecule has 0 radical (unpaired) electrons. The molecule has 3 nitrogen and oxygen atoms in total. The highest BCUT2D eigenvalue weighted by molar-refractivity contribution is 5.92. The predicted octanol–water partition coefficient (Wildman–Crippen LogP) is 1.61. The minimum absolute atomic E-state index is 0.0678. The van der Waals surface area contributed by atoms with Crippen LogP contribution in [-0.2, 0) is 4.79 Å². The van der Waals surface area contributed by atoms with E-state index in [-0.39, 0.29) is 11.8 Å². The van der Waals surface area contributed by atoms with Crippen LogP contribution in [0.2, 0.25) is 0 Å². The number of benzene rings is 1. The molecular formula is C14H16N2O. The van der Waals surface area contributed by atoms with Gasteiger partial charge in [-0.2, -0.15) is 0 Å². The van der Waals surface area contributed by atoms with Crippen LogP contribution in [-0.4, -0.2) is 19.0 Å². The molecule has 1 aromatic carbocycles. The Bertz CT molecular complexity index is 442. The number of amides is 1. The molecule has 3 heteroatoms. The molecule has 1 amide bonds. The van der Waals surface area contributed by atoms with Gasteiger partial charge in [0.2, 0.25) is 5.91 Å². The van der Waals surface area contributed by atoms with Crippen molar-refractivity contribution in [3.05, 3.63) is 29.8 Å². The number of rotatable bonds is 2. The van der Waals surface area contributed by atoms with Crippen molar-refractivity contribution in [2.24, 2.45) is 5.92 Å². The fourth-order valence-corrected chi connectivity index (χ4v) is 2.01. The molecule has 1 aromatic rings. The molecule has 88 valence electrons. The van der Waals surface area contributed by atoms with Crippen LogP contribution in [0.4, 0.5) is 5.69 Å². The normalized spacial score (nSPS) is 19.4. The first-order chi connectivity index (χ1) is 8.29. The summed E-state index contributed by atoms with van der Waals surface area (Å²) in [6.07, 6.45) is 7.33. The number of hydrogen-bond acceptors (Lipinski definition) is 2. The number of carbonyl (C=O) groups excluding carboxylic acids is 1. The molecule has 0 unspecified atom stereocenters. The Morgan fingerprint density at radius 2 is 2.41 bits per heavy atom. The number of hydrogen-bond donors (Lipinski definition) is 2. The second kappa shape index (κ2) is 5.51. The second-order valence-corrected chi connectivity index (χ2v) is 4.26. The minimum atomic E-state index is 0.0678. The van der Waals surface area contributed by atoms with Crippen LogP contribution >= 0.6 is 0 Å². The largest absolute Gasteiger partial charge is 0.326 e. The molecule has 0 aliphatic carbocycles. The quantitative estimate of drug-likeness (QED) is 0.755. The molecule has 0 aromatic heterocycles. The maximum atomic E-state index is 12.0. The van der Waals surface area contributed by atoms with Crippen molar-refractivity contribution in [3.8, 4) is 12.3 Å². The Hall–Kier alpha value is -1.79. The summed E-state index contributed by atoms with van der Waals surface area (Å²) < 4.78 is 0. The maximum Gasteiger partial charge on any atom is 0.228 e. The van der Waals surface area contributed by atoms with E-state index in [2.05, 4.69) is 16.6 Å². The van der Waals surface area contributed by atoms with Crippen molar-refractivity contribution >= 4 is 11.6 Å². The van der Waals surface area contributed by atoms with E-state index in [1.165, 1.54) is 0 Å². The van der Waals surface area contributed by atoms with Gasteiger partial charge < -0.3 is 10.6 Å². The fourth-order valence-electron chi connectivity index (χ4n) is 2.01. The minimum Gasteiger partial charge on any atom is -0.326 e. The van der Waals surface area contributed by atoms with Crippen molar-refractivity contribution in [1.82, 2.24) is 5.32 Å². The van der Waals surface area contributed by atoms with Gasteiger partial charge in [-0.25, -0.2) is 0 Å². The Labute approximate surface area is 102 Å². The van der Waals surface area contributed by atoms with E-state index in [0.717, 1.165) is 37.2 Å². The van der Waals surface area contributed by atoms with E-state index < -0.39 is 0 Å². The molecule has 1 atom stereocenters. The van der Waals surface area contributed by atoms with Gasteiger partial charge in [0.25, 0.3) is 0 Å². The maximum absolute atomic E-state index is 12.0. The zero-order valence-corrected chi connectivity index (χ0v) is 9.70. The standard InChI is InChI=1S/C14H16N2O/c1-2-11-5-3-7-13(9-11)16-14(17)12-6-4-8-15-10-12/h1,3,5,7,9,12,15H,4,6,8,10H2,(H,16,17)/t12-/m1/s1. The lowest BCUT2D eigenvalue weighted by atomic mass is 9.99. The second-order valence-electron chi connectivity index (χ2n) is 4.26. The number of piperidine rings is 1. The average Bonchev–Trinajstić information content (AvgIpc) is 2.40. The van der Waals surface area contributed by atoms with E-state index in [9.17, 15) is 4.79 Å². The van der Waals surface area contributed by atoms with Crippen LogP contribution in [0.25, 0.3) is 0 Å². The van der Waals surface area contributed by atoms with Crippen LogP contribution in [0.1, 0.15) is 18.4 Å². The van der Waals surface area contributed by atoms with E-state index in [1.54, 1.807) is 0 Å². The molecule has 17 heavy (non-hydrogen) atoms. The summed E-state index contributed by atoms with van der Waals surface area (Å²) in [4.78, 5) is 12.0. The smallest absolute Gasteiger partial charge is 0.228 e. The van der Waals surface area contributed by atoms with Crippen molar-refractivity contribution in [2.45, 2.75) is 12.8 Å². The zero-order chi connectivity index (χ0) is 12.1. The third kappa shape index (κ3) is 3.08. The SMILES string of the molecule is C#Cc1cccc(NC(=O)[C@@H]2CCCNC2)c1. The first-order valence-corrected chi connectivity index (χ1v) is 5.88. The van der Waals surface area contributed by atoms with Gasteiger partial charge in [-0.05, 0) is 37.6 Å². The lowest BCUT2D eigenvalue weighted by Gasteiger charge is -2.21. The highest BCUT2D eigenvalue weighted by Gasteiger charge is 2.20. The van der Waals surface area contributed by atoms with Gasteiger partial charge in [0.1, 0.15) is 0 Å². The van der Waals surface area contributed by atoms with Crippen molar-refractivity contribution in [3.63, 3.8) is 0 Å². The van der Waals surface area contributed by atoms with E-state index in [4.69, 9.17) is 6.42 Å². The molecule has 2 N–H and O–H groups in total. The third-order valence-corrected chi connectivity index (χ3v) is 2.96. The van der Waals surface area contributed by atoms with E-state index in [0.29, 0.717) is 0 Å². The lowest BCUT2D eigenvalue weighted by Crippen LogP contribution is -2.37. The predicted molar refractivity (Wildman–Crippen MR) is 68.6 cm³/mol. The summed E-state index contributed by atoms with van der Waals surface area (Å²) in [5, 5.41) is 6.14. The van der Waals surface area contributed by atoms with Crippen LogP contribution in [0.5, 0.6) is 0 Å². The number of nitrogens with one attached hydrogen (secondary N) is 2. The molecular weight excluding hydrogens is 212 g/mol. The third-order valence-electron chi connectivity index (χ3n) is 2.96. The Morgan fingerprint density at radius 3 is 3.12 bits per heavy atom. The molecule has 0 saturated carbocycles. The molecule has 0 bridgehead atoms. The van der Waals surface area contributed by atoms with Gasteiger partial charge in [0.05, 0.1) is 5.92 Å². The summed E-state index contributed by atoms with van der Waals surface area (Å²) in [6, 6.07) is 7.37. The van der Waals surface area contributed by atoms with Gasteiger partial charge in [0.15, 0.2) is 0 Å². The monoisotopic (exact) mass is 228 g/mol. The Balaban J connectivity index is 1.99. The van der Waals surface area contributed by atoms with Crippen molar-refractivity contribution < 1.29 is 4.79 Å². The molecule has 1 aliphatic rings.